The van der Waals surface area contributed by atoms with Gasteiger partial charge in [0.15, 0.2) is 0 Å². The lowest BCUT2D eigenvalue weighted by molar-refractivity contribution is 0.0607. The first-order valence-electron chi connectivity index (χ1n) is 12.4. The van der Waals surface area contributed by atoms with E-state index in [0.29, 0.717) is 10.9 Å². The molecule has 3 amide bonds. The van der Waals surface area contributed by atoms with E-state index in [-0.39, 0.29) is 4.21 Å². The second kappa shape index (κ2) is 9.95. The van der Waals surface area contributed by atoms with Gasteiger partial charge >= 0.3 is 12.1 Å². The van der Waals surface area contributed by atoms with E-state index in [2.05, 4.69) is 20.0 Å². The first-order chi connectivity index (χ1) is 17.2. The molecule has 2 aliphatic carbocycles. The summed E-state index contributed by atoms with van der Waals surface area (Å²) in [6.07, 6.45) is 5.17. The molecule has 1 atom stereocenters. The van der Waals surface area contributed by atoms with Crippen LogP contribution in [0.1, 0.15) is 87.3 Å². The highest BCUT2D eigenvalue weighted by Gasteiger charge is 2.33. The van der Waals surface area contributed by atoms with Crippen LogP contribution in [0.2, 0.25) is 0 Å². The molecule has 2 heterocycles. The van der Waals surface area contributed by atoms with Crippen molar-refractivity contribution in [1.82, 2.24) is 15.3 Å². The highest BCUT2D eigenvalue weighted by Crippen LogP contribution is 2.47. The third-order valence-electron chi connectivity index (χ3n) is 6.04. The summed E-state index contributed by atoms with van der Waals surface area (Å²) in [6.45, 7) is 10.1. The highest BCUT2D eigenvalue weighted by molar-refractivity contribution is 7.95. The third kappa shape index (κ3) is 6.47. The lowest BCUT2D eigenvalue weighted by Gasteiger charge is -2.19. The molecule has 0 spiro atoms. The maximum absolute atomic E-state index is 14.0. The van der Waals surface area contributed by atoms with Gasteiger partial charge in [-0.1, -0.05) is 0 Å². The fraction of sp³-hybridized carbons (Fsp3) is 0.600. The summed E-state index contributed by atoms with van der Waals surface area (Å²) < 4.78 is 23.3. The number of aryl methyl sites for hydroxylation is 2. The molecule has 0 saturated heterocycles. The molecule has 4 rings (SSSR count). The fourth-order valence-electron chi connectivity index (χ4n) is 4.30. The van der Waals surface area contributed by atoms with Gasteiger partial charge in [0.1, 0.15) is 36.0 Å². The second-order valence-corrected chi connectivity index (χ2v) is 14.6. The molecule has 10 nitrogen and oxygen atoms in total. The third-order valence-corrected chi connectivity index (χ3v) is 9.89. The lowest BCUT2D eigenvalue weighted by Crippen LogP contribution is -2.34. The first-order valence-corrected chi connectivity index (χ1v) is 14.9. The summed E-state index contributed by atoms with van der Waals surface area (Å²) >= 11 is 0.977. The number of carbonyl (C=O) groups excluding carboxylic acids is 2. The van der Waals surface area contributed by atoms with Crippen molar-refractivity contribution in [3.63, 3.8) is 0 Å². The number of aliphatic hydroxyl groups is 1. The Bertz CT molecular complexity index is 1340. The van der Waals surface area contributed by atoms with Gasteiger partial charge in [-0.25, -0.2) is 18.8 Å². The number of rotatable bonds is 6. The number of fused-ring (bicyclic) bond motifs is 1. The molecule has 1 fully saturated rings. The maximum Gasteiger partial charge on any atom is 0.442 e. The van der Waals surface area contributed by atoms with Crippen molar-refractivity contribution in [2.24, 2.45) is 4.36 Å². The normalized spacial score (nSPS) is 17.1. The fourth-order valence-corrected chi connectivity index (χ4v) is 7.12. The van der Waals surface area contributed by atoms with Gasteiger partial charge < -0.3 is 20.5 Å². The number of nitrogens with one attached hydrogen (secondary N) is 2. The Labute approximate surface area is 221 Å². The lowest BCUT2D eigenvalue weighted by atomic mass is 10.0. The summed E-state index contributed by atoms with van der Waals surface area (Å²) in [5.41, 5.74) is 2.80. The largest absolute Gasteiger partial charge is 0.442 e. The Morgan fingerprint density at radius 2 is 1.95 bits per heavy atom. The Morgan fingerprint density at radius 3 is 2.54 bits per heavy atom. The molecule has 2 aromatic heterocycles. The van der Waals surface area contributed by atoms with E-state index in [1.54, 1.807) is 34.6 Å². The van der Waals surface area contributed by atoms with Crippen LogP contribution in [-0.2, 0) is 32.9 Å². The van der Waals surface area contributed by atoms with Crippen LogP contribution in [0.15, 0.2) is 14.8 Å². The van der Waals surface area contributed by atoms with Crippen molar-refractivity contribution < 1.29 is 23.6 Å². The Hall–Kier alpha value is -2.57. The van der Waals surface area contributed by atoms with Gasteiger partial charge in [0.05, 0.1) is 11.9 Å². The molecule has 0 radical (unpaired) electrons. The van der Waals surface area contributed by atoms with Gasteiger partial charge in [-0.3, -0.25) is 4.98 Å². The average molecular weight is 550 g/mol. The highest BCUT2D eigenvalue weighted by atomic mass is 32.2. The minimum Gasteiger partial charge on any atom is -0.442 e. The number of carbonyl (C=O) groups is 2. The minimum atomic E-state index is -3.49. The molecule has 202 valence electrons. The monoisotopic (exact) mass is 549 g/mol. The number of ether oxygens (including phenoxy) is 1. The predicted molar refractivity (Wildman–Crippen MR) is 142 cm³/mol. The zero-order chi connectivity index (χ0) is 27.2. The van der Waals surface area contributed by atoms with Crippen molar-refractivity contribution in [3.8, 4) is 0 Å². The van der Waals surface area contributed by atoms with E-state index in [0.717, 1.165) is 71.6 Å². The summed E-state index contributed by atoms with van der Waals surface area (Å²) in [7, 11) is -3.49. The zero-order valence-electron chi connectivity index (χ0n) is 22.1. The van der Waals surface area contributed by atoms with Crippen LogP contribution in [0.5, 0.6) is 0 Å². The number of nitrogens with zero attached hydrogens (tertiary/aromatic N) is 3. The van der Waals surface area contributed by atoms with Gasteiger partial charge in [0.2, 0.25) is 0 Å². The number of urea groups is 1. The van der Waals surface area contributed by atoms with Crippen LogP contribution >= 0.6 is 11.3 Å². The Kier molecular flexibility index (Phi) is 7.39. The maximum atomic E-state index is 14.0. The minimum absolute atomic E-state index is 0.162. The van der Waals surface area contributed by atoms with Crippen molar-refractivity contribution in [3.05, 3.63) is 33.7 Å². The number of amides is 3. The van der Waals surface area contributed by atoms with Crippen molar-refractivity contribution in [2.75, 3.05) is 11.2 Å². The number of hydrogen-bond acceptors (Lipinski definition) is 8. The van der Waals surface area contributed by atoms with E-state index >= 15 is 0 Å². The van der Waals surface area contributed by atoms with Crippen molar-refractivity contribution >= 4 is 38.9 Å². The number of pyridine rings is 1. The molecule has 2 aliphatic rings. The molecule has 0 aliphatic heterocycles. The summed E-state index contributed by atoms with van der Waals surface area (Å²) in [5.74, 6) is -0.0473. The topological polar surface area (TPSA) is 143 Å². The second-order valence-electron chi connectivity index (χ2n) is 11.1. The number of aromatic nitrogens is 2. The van der Waals surface area contributed by atoms with Crippen LogP contribution in [0, 0.1) is 6.92 Å². The molecule has 2 aromatic rings. The van der Waals surface area contributed by atoms with Gasteiger partial charge in [-0.15, -0.1) is 15.7 Å². The summed E-state index contributed by atoms with van der Waals surface area (Å²) in [5, 5.41) is 16.3. The van der Waals surface area contributed by atoms with E-state index in [9.17, 15) is 18.9 Å². The van der Waals surface area contributed by atoms with E-state index in [1.807, 2.05) is 6.92 Å². The van der Waals surface area contributed by atoms with Gasteiger partial charge in [-0.2, -0.15) is 0 Å². The van der Waals surface area contributed by atoms with Gasteiger partial charge in [-0.05, 0) is 85.1 Å². The number of anilines is 1. The summed E-state index contributed by atoms with van der Waals surface area (Å²) in [4.78, 5) is 34.5. The molecule has 12 heteroatoms. The van der Waals surface area contributed by atoms with Crippen LogP contribution in [0.3, 0.4) is 0 Å². The average Bonchev–Trinajstić information content (AvgIpc) is 3.25. The number of thiazole rings is 1. The standard InChI is InChI=1S/C25H35N5O5S2/c1-14-19(15-10-11-15)20(16-8-7-9-17(16)28-14)29-22(31)27-13-37(34,30-23(32)35-24(2,3)4)18-12-26-21(36-18)25(5,6)33/h12,15,33H,7-11,13H2,1-6H3,(H2,27,28,29,31). The predicted octanol–water partition coefficient (Wildman–Crippen LogP) is 4.98. The molecule has 0 aromatic carbocycles. The van der Waals surface area contributed by atoms with Gasteiger partial charge in [0.25, 0.3) is 0 Å². The van der Waals surface area contributed by atoms with E-state index in [4.69, 9.17) is 9.72 Å². The van der Waals surface area contributed by atoms with Crippen LogP contribution in [-0.4, -0.2) is 42.9 Å². The molecule has 1 saturated carbocycles. The van der Waals surface area contributed by atoms with Gasteiger partial charge in [0, 0.05) is 17.0 Å². The van der Waals surface area contributed by atoms with Crippen LogP contribution in [0.4, 0.5) is 15.3 Å². The zero-order valence-corrected chi connectivity index (χ0v) is 23.8. The van der Waals surface area contributed by atoms with Crippen LogP contribution in [0.25, 0.3) is 0 Å². The van der Waals surface area contributed by atoms with Crippen LogP contribution < -0.4 is 10.6 Å². The SMILES string of the molecule is Cc1nc2c(c(NC(=O)NCS(=O)(=NC(=O)OC(C)(C)C)c3cnc(C(C)(C)O)s3)c1C1CC1)CCC2. The molecular weight excluding hydrogens is 514 g/mol. The Morgan fingerprint density at radius 1 is 1.24 bits per heavy atom. The molecular formula is C25H35N5O5S2. The summed E-state index contributed by atoms with van der Waals surface area (Å²) in [6, 6.07) is -0.541. The number of hydrogen-bond donors (Lipinski definition) is 3. The first kappa shape index (κ1) is 27.5. The van der Waals surface area contributed by atoms with E-state index in [1.165, 1.54) is 6.20 Å². The van der Waals surface area contributed by atoms with Crippen molar-refractivity contribution in [1.29, 1.82) is 0 Å². The van der Waals surface area contributed by atoms with Crippen molar-refractivity contribution in [2.45, 2.75) is 95.0 Å². The molecule has 3 N–H and O–H groups in total. The van der Waals surface area contributed by atoms with E-state index < -0.39 is 38.9 Å². The molecule has 0 bridgehead atoms. The molecule has 1 unspecified atom stereocenters. The Balaban J connectivity index is 1.60. The molecule has 37 heavy (non-hydrogen) atoms. The quantitative estimate of drug-likeness (QED) is 0.461. The smallest absolute Gasteiger partial charge is 0.442 e.